The molecule has 0 bridgehead atoms. The molecule has 1 aliphatic rings. The number of rotatable bonds is 4. The van der Waals surface area contributed by atoms with Crippen LogP contribution in [0.15, 0.2) is 59.2 Å². The van der Waals surface area contributed by atoms with Crippen LogP contribution < -0.4 is 5.32 Å². The summed E-state index contributed by atoms with van der Waals surface area (Å²) in [7, 11) is -3.11. The highest BCUT2D eigenvalue weighted by atomic mass is 32.2. The number of halogens is 3. The van der Waals surface area contributed by atoms with E-state index < -0.39 is 16.1 Å². The van der Waals surface area contributed by atoms with Crippen LogP contribution in [0.3, 0.4) is 0 Å². The van der Waals surface area contributed by atoms with Crippen LogP contribution in [0.25, 0.3) is 5.57 Å². The predicted octanol–water partition coefficient (Wildman–Crippen LogP) is 5.23. The first kappa shape index (κ1) is 22.0. The minimum absolute atomic E-state index is 0.388. The van der Waals surface area contributed by atoms with Crippen molar-refractivity contribution < 1.29 is 21.6 Å². The molecule has 2 rings (SSSR count). The van der Waals surface area contributed by atoms with Gasteiger partial charge in [-0.1, -0.05) is 30.4 Å². The molecule has 26 heavy (non-hydrogen) atoms. The second kappa shape index (κ2) is 9.07. The van der Waals surface area contributed by atoms with Gasteiger partial charge in [-0.15, -0.1) is 0 Å². The minimum Gasteiger partial charge on any atom is -0.305 e. The molecular weight excluding hydrogens is 363 g/mol. The first-order chi connectivity index (χ1) is 12.0. The van der Waals surface area contributed by atoms with Gasteiger partial charge < -0.3 is 5.32 Å². The van der Waals surface area contributed by atoms with E-state index in [9.17, 15) is 21.6 Å². The minimum atomic E-state index is -4.32. The molecule has 0 amide bonds. The van der Waals surface area contributed by atoms with Crippen LogP contribution in [0.2, 0.25) is 0 Å². The summed E-state index contributed by atoms with van der Waals surface area (Å²) >= 11 is 0. The molecule has 1 aliphatic carbocycles. The van der Waals surface area contributed by atoms with Gasteiger partial charge >= 0.3 is 6.30 Å². The summed E-state index contributed by atoms with van der Waals surface area (Å²) in [4.78, 5) is 0.388. The second-order valence-electron chi connectivity index (χ2n) is 5.93. The van der Waals surface area contributed by atoms with Gasteiger partial charge in [0, 0.05) is 6.26 Å². The fraction of sp³-hybridized carbons (Fsp3) is 0.368. The van der Waals surface area contributed by atoms with Crippen LogP contribution in [0.4, 0.5) is 13.2 Å². The number of sulfone groups is 1. The van der Waals surface area contributed by atoms with Crippen molar-refractivity contribution in [3.8, 4) is 0 Å². The fourth-order valence-electron chi connectivity index (χ4n) is 2.69. The summed E-state index contributed by atoms with van der Waals surface area (Å²) < 4.78 is 55.5. The van der Waals surface area contributed by atoms with Gasteiger partial charge in [-0.3, -0.25) is 0 Å². The van der Waals surface area contributed by atoms with Gasteiger partial charge in [0.2, 0.25) is 0 Å². The van der Waals surface area contributed by atoms with Crippen molar-refractivity contribution >= 4 is 15.4 Å². The number of nitrogens with one attached hydrogen (secondary N) is 1. The molecule has 0 fully saturated rings. The third kappa shape index (κ3) is 6.71. The standard InChI is InChI=1S/C16H20O2S.C3H4F3N/c1-4-12(2)15-6-5-7-16(15)13-8-10-14(11-9-13)19(3,17)18;1-2-7-3(4,5)6/h4,8-11H,5-7H2,1-3H3;2,7H,1H2/b12-4+;. The van der Waals surface area contributed by atoms with Gasteiger partial charge in [0.05, 0.1) is 4.90 Å². The van der Waals surface area contributed by atoms with Gasteiger partial charge in [-0.2, -0.15) is 13.2 Å². The molecule has 144 valence electrons. The number of hydrogen-bond donors (Lipinski definition) is 1. The lowest BCUT2D eigenvalue weighted by atomic mass is 9.98. The van der Waals surface area contributed by atoms with Gasteiger partial charge in [-0.25, -0.2) is 8.42 Å². The molecule has 1 N–H and O–H groups in total. The van der Waals surface area contributed by atoms with E-state index in [0.29, 0.717) is 11.1 Å². The Balaban J connectivity index is 0.000000412. The Kier molecular flexibility index (Phi) is 7.68. The number of hydrogen-bond acceptors (Lipinski definition) is 3. The molecule has 0 saturated heterocycles. The Hall–Kier alpha value is -2.02. The Morgan fingerprint density at radius 2 is 1.77 bits per heavy atom. The molecule has 7 heteroatoms. The van der Waals surface area contributed by atoms with Crippen LogP contribution in [0, 0.1) is 0 Å². The van der Waals surface area contributed by atoms with Crippen molar-refractivity contribution in [1.29, 1.82) is 0 Å². The zero-order valence-electron chi connectivity index (χ0n) is 15.2. The zero-order chi connectivity index (χ0) is 20.0. The number of allylic oxidation sites excluding steroid dienone is 4. The van der Waals surface area contributed by atoms with Gasteiger partial charge in [0.1, 0.15) is 0 Å². The van der Waals surface area contributed by atoms with Crippen LogP contribution >= 0.6 is 0 Å². The lowest BCUT2D eigenvalue weighted by Gasteiger charge is -2.09. The summed E-state index contributed by atoms with van der Waals surface area (Å²) in [6.45, 7) is 7.02. The summed E-state index contributed by atoms with van der Waals surface area (Å²) in [6.07, 6.45) is 3.04. The van der Waals surface area contributed by atoms with Crippen LogP contribution in [0.5, 0.6) is 0 Å². The van der Waals surface area contributed by atoms with Gasteiger partial charge in [0.15, 0.2) is 9.84 Å². The summed E-state index contributed by atoms with van der Waals surface area (Å²) in [5, 5.41) is 1.05. The molecule has 3 nitrogen and oxygen atoms in total. The molecule has 0 aromatic heterocycles. The topological polar surface area (TPSA) is 46.2 Å². The first-order valence-electron chi connectivity index (χ1n) is 8.10. The van der Waals surface area contributed by atoms with Crippen LogP contribution in [0.1, 0.15) is 38.7 Å². The lowest BCUT2D eigenvalue weighted by Crippen LogP contribution is -2.25. The SMILES string of the molecule is C/C=C(\C)C1=C(c2ccc(S(C)(=O)=O)cc2)CCC1.C=CNC(F)(F)F. The highest BCUT2D eigenvalue weighted by Crippen LogP contribution is 2.37. The maximum atomic E-state index is 11.5. The van der Waals surface area contributed by atoms with Crippen LogP contribution in [-0.2, 0) is 9.84 Å². The summed E-state index contributed by atoms with van der Waals surface area (Å²) in [5.74, 6) is 0. The summed E-state index contributed by atoms with van der Waals surface area (Å²) in [6, 6.07) is 7.27. The second-order valence-corrected chi connectivity index (χ2v) is 7.94. The Morgan fingerprint density at radius 1 is 1.19 bits per heavy atom. The van der Waals surface area contributed by atoms with Crippen molar-refractivity contribution in [1.82, 2.24) is 5.32 Å². The first-order valence-corrected chi connectivity index (χ1v) is 10.00. The zero-order valence-corrected chi connectivity index (χ0v) is 16.0. The third-order valence-corrected chi connectivity index (χ3v) is 5.15. The molecule has 0 radical (unpaired) electrons. The molecule has 0 atom stereocenters. The average molecular weight is 387 g/mol. The van der Waals surface area contributed by atoms with E-state index in [0.717, 1.165) is 23.7 Å². The average Bonchev–Trinajstić information content (AvgIpc) is 3.02. The smallest absolute Gasteiger partial charge is 0.305 e. The van der Waals surface area contributed by atoms with Gasteiger partial charge in [-0.05, 0) is 68.2 Å². The normalized spacial score (nSPS) is 15.4. The van der Waals surface area contributed by atoms with Crippen molar-refractivity contribution in [2.75, 3.05) is 6.26 Å². The largest absolute Gasteiger partial charge is 0.481 e. The third-order valence-electron chi connectivity index (χ3n) is 4.02. The maximum Gasteiger partial charge on any atom is 0.481 e. The van der Waals surface area contributed by atoms with Gasteiger partial charge in [0.25, 0.3) is 0 Å². The summed E-state index contributed by atoms with van der Waals surface area (Å²) in [5.41, 5.74) is 5.28. The quantitative estimate of drug-likeness (QED) is 0.719. The Morgan fingerprint density at radius 3 is 2.15 bits per heavy atom. The van der Waals surface area contributed by atoms with E-state index >= 15 is 0 Å². The highest BCUT2D eigenvalue weighted by molar-refractivity contribution is 7.90. The predicted molar refractivity (Wildman–Crippen MR) is 99.1 cm³/mol. The maximum absolute atomic E-state index is 11.5. The molecular formula is C19H24F3NO2S. The molecule has 1 aromatic carbocycles. The number of alkyl halides is 3. The van der Waals surface area contributed by atoms with Crippen molar-refractivity contribution in [3.63, 3.8) is 0 Å². The molecule has 1 aromatic rings. The van der Waals surface area contributed by atoms with E-state index in [2.05, 4.69) is 26.5 Å². The van der Waals surface area contributed by atoms with E-state index in [1.807, 2.05) is 12.1 Å². The highest BCUT2D eigenvalue weighted by Gasteiger charge is 2.23. The monoisotopic (exact) mass is 387 g/mol. The Bertz CT molecular complexity index is 789. The number of benzene rings is 1. The van der Waals surface area contributed by atoms with Crippen LogP contribution in [-0.4, -0.2) is 21.0 Å². The molecule has 0 saturated carbocycles. The molecule has 0 heterocycles. The van der Waals surface area contributed by atoms with E-state index in [4.69, 9.17) is 0 Å². The van der Waals surface area contributed by atoms with E-state index in [-0.39, 0.29) is 0 Å². The molecule has 0 unspecified atom stereocenters. The van der Waals surface area contributed by atoms with E-state index in [1.54, 1.807) is 12.1 Å². The van der Waals surface area contributed by atoms with E-state index in [1.165, 1.54) is 29.4 Å². The fourth-order valence-corrected chi connectivity index (χ4v) is 3.32. The van der Waals surface area contributed by atoms with Crippen molar-refractivity contribution in [2.45, 2.75) is 44.3 Å². The lowest BCUT2D eigenvalue weighted by molar-refractivity contribution is -0.146. The Labute approximate surface area is 153 Å². The molecule has 0 aliphatic heterocycles. The molecule has 0 spiro atoms. The van der Waals surface area contributed by atoms with Crippen molar-refractivity contribution in [3.05, 3.63) is 59.8 Å². The van der Waals surface area contributed by atoms with Crippen molar-refractivity contribution in [2.24, 2.45) is 0 Å².